The van der Waals surface area contributed by atoms with Crippen molar-refractivity contribution in [1.82, 2.24) is 24.6 Å². The third-order valence-corrected chi connectivity index (χ3v) is 4.53. The number of hydrogen-bond acceptors (Lipinski definition) is 4. The number of aromatic amines is 2. The van der Waals surface area contributed by atoms with Gasteiger partial charge >= 0.3 is 5.69 Å². The Balaban J connectivity index is 0.000000192. The lowest BCUT2D eigenvalue weighted by molar-refractivity contribution is 0.151. The summed E-state index contributed by atoms with van der Waals surface area (Å²) in [6, 6.07) is 11.4. The van der Waals surface area contributed by atoms with Crippen molar-refractivity contribution < 1.29 is 8.78 Å². The third-order valence-electron chi connectivity index (χ3n) is 4.53. The molecule has 9 heteroatoms. The number of hydrogen-bond donors (Lipinski definition) is 2. The monoisotopic (exact) mass is 397 g/mol. The molecule has 2 N–H and O–H groups in total. The van der Waals surface area contributed by atoms with E-state index in [0.29, 0.717) is 22.8 Å². The van der Waals surface area contributed by atoms with Crippen LogP contribution in [0, 0.1) is 0 Å². The highest BCUT2D eigenvalue weighted by atomic mass is 19.3. The highest BCUT2D eigenvalue weighted by Crippen LogP contribution is 2.40. The highest BCUT2D eigenvalue weighted by molar-refractivity contribution is 5.61. The molecule has 3 aromatic heterocycles. The van der Waals surface area contributed by atoms with E-state index in [-0.39, 0.29) is 5.56 Å². The van der Waals surface area contributed by atoms with E-state index in [2.05, 4.69) is 20.1 Å². The Labute approximate surface area is 163 Å². The molecule has 1 aromatic carbocycles. The van der Waals surface area contributed by atoms with Crippen molar-refractivity contribution in [1.29, 1.82) is 0 Å². The van der Waals surface area contributed by atoms with Gasteiger partial charge in [-0.25, -0.2) is 23.1 Å². The predicted molar refractivity (Wildman–Crippen MR) is 103 cm³/mol. The van der Waals surface area contributed by atoms with Gasteiger partial charge in [-0.2, -0.15) is 5.10 Å². The summed E-state index contributed by atoms with van der Waals surface area (Å²) >= 11 is 0. The molecule has 0 unspecified atom stereocenters. The van der Waals surface area contributed by atoms with E-state index in [9.17, 15) is 18.4 Å². The molecule has 148 valence electrons. The van der Waals surface area contributed by atoms with Crippen molar-refractivity contribution in [2.75, 3.05) is 0 Å². The first-order valence-corrected chi connectivity index (χ1v) is 9.03. The molecule has 0 saturated heterocycles. The van der Waals surface area contributed by atoms with Crippen LogP contribution in [0.5, 0.6) is 0 Å². The molecule has 1 saturated carbocycles. The van der Waals surface area contributed by atoms with E-state index in [1.54, 1.807) is 35.0 Å². The molecule has 0 radical (unpaired) electrons. The molecule has 5 rings (SSSR count). The topological polar surface area (TPSA) is 95.9 Å². The first-order chi connectivity index (χ1) is 14.0. The van der Waals surface area contributed by atoms with Crippen LogP contribution in [0.1, 0.15) is 36.4 Å². The van der Waals surface area contributed by atoms with Gasteiger partial charge in [0.2, 0.25) is 0 Å². The van der Waals surface area contributed by atoms with Crippen molar-refractivity contribution in [2.45, 2.75) is 25.2 Å². The van der Waals surface area contributed by atoms with Crippen LogP contribution in [0.15, 0.2) is 64.4 Å². The molecule has 1 aliphatic carbocycles. The van der Waals surface area contributed by atoms with Crippen molar-refractivity contribution >= 4 is 5.65 Å². The fourth-order valence-corrected chi connectivity index (χ4v) is 2.94. The molecule has 1 fully saturated rings. The van der Waals surface area contributed by atoms with Crippen LogP contribution in [0.25, 0.3) is 16.9 Å². The SMILES string of the molecule is FC(F)c1ccccc1.O=c1[nH]cc(-c2cc(C3CC3)n3nccc3n2)c(=O)[nH]1. The maximum absolute atomic E-state index is 11.9. The summed E-state index contributed by atoms with van der Waals surface area (Å²) in [5.74, 6) is 0.473. The fraction of sp³-hybridized carbons (Fsp3) is 0.200. The Hall–Kier alpha value is -3.62. The van der Waals surface area contributed by atoms with Gasteiger partial charge in [-0.1, -0.05) is 30.3 Å². The molecule has 29 heavy (non-hydrogen) atoms. The van der Waals surface area contributed by atoms with Gasteiger partial charge in [0.25, 0.3) is 12.0 Å². The third kappa shape index (κ3) is 4.13. The molecule has 0 aliphatic heterocycles. The Morgan fingerprint density at radius 2 is 1.86 bits per heavy atom. The lowest BCUT2D eigenvalue weighted by Crippen LogP contribution is -2.23. The summed E-state index contributed by atoms with van der Waals surface area (Å²) in [7, 11) is 0. The molecule has 3 heterocycles. The summed E-state index contributed by atoms with van der Waals surface area (Å²) in [4.78, 5) is 32.1. The van der Waals surface area contributed by atoms with Gasteiger partial charge in [0.15, 0.2) is 5.65 Å². The normalized spacial score (nSPS) is 13.3. The zero-order valence-corrected chi connectivity index (χ0v) is 15.2. The summed E-state index contributed by atoms with van der Waals surface area (Å²) < 4.78 is 25.3. The molecular formula is C20H17F2N5O2. The largest absolute Gasteiger partial charge is 0.325 e. The zero-order chi connectivity index (χ0) is 20.4. The quantitative estimate of drug-likeness (QED) is 0.555. The lowest BCUT2D eigenvalue weighted by Gasteiger charge is -2.06. The summed E-state index contributed by atoms with van der Waals surface area (Å²) in [6.07, 6.45) is 2.99. The Bertz CT molecular complexity index is 1240. The lowest BCUT2D eigenvalue weighted by atomic mass is 10.1. The zero-order valence-electron chi connectivity index (χ0n) is 15.2. The average molecular weight is 397 g/mol. The Morgan fingerprint density at radius 1 is 1.10 bits per heavy atom. The maximum Gasteiger partial charge on any atom is 0.325 e. The molecule has 0 spiro atoms. The van der Waals surface area contributed by atoms with Crippen LogP contribution in [-0.4, -0.2) is 24.6 Å². The number of rotatable bonds is 3. The van der Waals surface area contributed by atoms with Crippen molar-refractivity contribution in [3.63, 3.8) is 0 Å². The number of nitrogens with zero attached hydrogens (tertiary/aromatic N) is 3. The number of alkyl halides is 2. The number of H-pyrrole nitrogens is 2. The molecular weight excluding hydrogens is 380 g/mol. The van der Waals surface area contributed by atoms with Crippen LogP contribution in [0.3, 0.4) is 0 Å². The first-order valence-electron chi connectivity index (χ1n) is 9.03. The molecule has 1 aliphatic rings. The van der Waals surface area contributed by atoms with Crippen LogP contribution in [0.2, 0.25) is 0 Å². The number of nitrogens with one attached hydrogen (secondary N) is 2. The van der Waals surface area contributed by atoms with Gasteiger partial charge in [-0.15, -0.1) is 0 Å². The van der Waals surface area contributed by atoms with Crippen LogP contribution in [0.4, 0.5) is 8.78 Å². The summed E-state index contributed by atoms with van der Waals surface area (Å²) in [5.41, 5.74) is 1.79. The van der Waals surface area contributed by atoms with E-state index < -0.39 is 17.7 Å². The van der Waals surface area contributed by atoms with Crippen LogP contribution < -0.4 is 11.2 Å². The fourth-order valence-electron chi connectivity index (χ4n) is 2.94. The average Bonchev–Trinajstić information content (AvgIpc) is 3.45. The van der Waals surface area contributed by atoms with E-state index in [4.69, 9.17) is 0 Å². The first kappa shape index (κ1) is 18.7. The van der Waals surface area contributed by atoms with Crippen LogP contribution >= 0.6 is 0 Å². The minimum absolute atomic E-state index is 0.0810. The van der Waals surface area contributed by atoms with Gasteiger partial charge in [-0.05, 0) is 18.9 Å². The van der Waals surface area contributed by atoms with Crippen LogP contribution in [-0.2, 0) is 0 Å². The highest BCUT2D eigenvalue weighted by Gasteiger charge is 2.27. The molecule has 4 aromatic rings. The summed E-state index contributed by atoms with van der Waals surface area (Å²) in [5, 5.41) is 4.26. The summed E-state index contributed by atoms with van der Waals surface area (Å²) in [6.45, 7) is 0. The van der Waals surface area contributed by atoms with Crippen molar-refractivity contribution in [3.05, 3.63) is 87.0 Å². The standard InChI is InChI=1S/C13H11N5O2.C7H6F2/c19-12-8(6-14-13(20)17-12)9-5-10(7-1-2-7)18-11(16-9)3-4-15-18;8-7(9)6-4-2-1-3-5-6/h3-7H,1-2H2,(H2,14,17,19,20);1-5,7H. The van der Waals surface area contributed by atoms with Gasteiger partial charge in [0.1, 0.15) is 0 Å². The Morgan fingerprint density at radius 3 is 2.48 bits per heavy atom. The number of fused-ring (bicyclic) bond motifs is 1. The Kier molecular flexibility index (Phi) is 5.03. The number of halogens is 2. The number of aromatic nitrogens is 5. The molecule has 0 atom stereocenters. The van der Waals surface area contributed by atoms with Crippen molar-refractivity contribution in [3.8, 4) is 11.3 Å². The second-order valence-corrected chi connectivity index (χ2v) is 6.64. The van der Waals surface area contributed by atoms with Gasteiger partial charge in [-0.3, -0.25) is 9.78 Å². The predicted octanol–water partition coefficient (Wildman–Crippen LogP) is 3.27. The number of benzene rings is 1. The molecule has 0 bridgehead atoms. The smallest absolute Gasteiger partial charge is 0.313 e. The second kappa shape index (κ2) is 7.78. The van der Waals surface area contributed by atoms with E-state index >= 15 is 0 Å². The second-order valence-electron chi connectivity index (χ2n) is 6.64. The van der Waals surface area contributed by atoms with E-state index in [1.807, 2.05) is 6.07 Å². The minimum Gasteiger partial charge on any atom is -0.313 e. The minimum atomic E-state index is -2.34. The molecule has 7 nitrogen and oxygen atoms in total. The van der Waals surface area contributed by atoms with Gasteiger partial charge < -0.3 is 4.98 Å². The van der Waals surface area contributed by atoms with E-state index in [1.165, 1.54) is 18.3 Å². The van der Waals surface area contributed by atoms with E-state index in [0.717, 1.165) is 18.5 Å². The van der Waals surface area contributed by atoms with Crippen molar-refractivity contribution in [2.24, 2.45) is 0 Å². The van der Waals surface area contributed by atoms with Gasteiger partial charge in [0.05, 0.1) is 17.5 Å². The van der Waals surface area contributed by atoms with Gasteiger partial charge in [0, 0.05) is 29.4 Å². The molecule has 0 amide bonds. The maximum atomic E-state index is 11.9.